The number of anilines is 1. The average molecular weight is 375 g/mol. The number of amides is 1. The van der Waals surface area contributed by atoms with Gasteiger partial charge in [0.25, 0.3) is 0 Å². The minimum atomic E-state index is -0.237. The van der Waals surface area contributed by atoms with E-state index in [-0.39, 0.29) is 17.1 Å². The third kappa shape index (κ3) is 4.20. The third-order valence-electron chi connectivity index (χ3n) is 4.46. The Hall–Kier alpha value is -2.02. The number of ether oxygens (including phenoxy) is 1. The zero-order chi connectivity index (χ0) is 18.7. The summed E-state index contributed by atoms with van der Waals surface area (Å²) >= 11 is 1.50. The second-order valence-electron chi connectivity index (χ2n) is 6.86. The second-order valence-corrected chi connectivity index (χ2v) is 7.97. The van der Waals surface area contributed by atoms with E-state index in [4.69, 9.17) is 4.74 Å². The fraction of sp³-hybridized carbons (Fsp3) is 0.526. The highest BCUT2D eigenvalue weighted by Gasteiger charge is 2.32. The molecule has 1 atom stereocenters. The van der Waals surface area contributed by atoms with Gasteiger partial charge < -0.3 is 14.6 Å². The Morgan fingerprint density at radius 1 is 1.31 bits per heavy atom. The van der Waals surface area contributed by atoms with Crippen LogP contribution in [0.25, 0.3) is 0 Å². The summed E-state index contributed by atoms with van der Waals surface area (Å²) in [5.74, 6) is 2.52. The molecule has 3 rings (SSSR count). The van der Waals surface area contributed by atoms with Crippen molar-refractivity contribution < 1.29 is 9.53 Å². The summed E-state index contributed by atoms with van der Waals surface area (Å²) in [5.41, 5.74) is 0.762. The van der Waals surface area contributed by atoms with Crippen molar-refractivity contribution in [1.29, 1.82) is 0 Å². The van der Waals surface area contributed by atoms with Gasteiger partial charge in [-0.2, -0.15) is 0 Å². The Bertz CT molecular complexity index is 753. The molecule has 26 heavy (non-hydrogen) atoms. The van der Waals surface area contributed by atoms with E-state index in [0.29, 0.717) is 5.92 Å². The van der Waals surface area contributed by atoms with Gasteiger partial charge in [-0.3, -0.25) is 4.79 Å². The molecule has 1 aliphatic rings. The number of hydrogen-bond acceptors (Lipinski definition) is 5. The molecule has 1 aromatic heterocycles. The van der Waals surface area contributed by atoms with E-state index in [1.807, 2.05) is 24.3 Å². The van der Waals surface area contributed by atoms with Crippen LogP contribution in [0.15, 0.2) is 29.4 Å². The number of carbonyl (C=O) groups excluding carboxylic acids is 1. The van der Waals surface area contributed by atoms with Gasteiger partial charge in [0.15, 0.2) is 5.16 Å². The number of hydrogen-bond donors (Lipinski definition) is 1. The molecule has 2 aromatic rings. The van der Waals surface area contributed by atoms with E-state index >= 15 is 0 Å². The molecule has 1 N–H and O–H groups in total. The molecule has 0 spiro atoms. The van der Waals surface area contributed by atoms with Gasteiger partial charge in [0.05, 0.1) is 12.4 Å². The molecular formula is C19H26N4O2S. The van der Waals surface area contributed by atoms with Crippen molar-refractivity contribution in [2.45, 2.75) is 56.5 Å². The summed E-state index contributed by atoms with van der Waals surface area (Å²) in [7, 11) is 1.62. The molecule has 0 aliphatic heterocycles. The lowest BCUT2D eigenvalue weighted by atomic mass is 10.1. The molecule has 1 fully saturated rings. The van der Waals surface area contributed by atoms with Crippen LogP contribution < -0.4 is 10.1 Å². The number of nitrogens with one attached hydrogen (secondary N) is 1. The topological polar surface area (TPSA) is 69.0 Å². The number of thioether (sulfide) groups is 1. The molecule has 0 bridgehead atoms. The van der Waals surface area contributed by atoms with E-state index in [1.54, 1.807) is 7.11 Å². The van der Waals surface area contributed by atoms with Crippen molar-refractivity contribution in [2.24, 2.45) is 5.92 Å². The largest absolute Gasteiger partial charge is 0.497 e. The lowest BCUT2D eigenvalue weighted by Crippen LogP contribution is -2.30. The fourth-order valence-electron chi connectivity index (χ4n) is 2.82. The van der Waals surface area contributed by atoms with Crippen LogP contribution in [-0.2, 0) is 11.3 Å². The first-order valence-electron chi connectivity index (χ1n) is 9.08. The van der Waals surface area contributed by atoms with Crippen LogP contribution in [0.5, 0.6) is 5.75 Å². The number of rotatable bonds is 8. The molecular weight excluding hydrogens is 348 g/mol. The van der Waals surface area contributed by atoms with Crippen molar-refractivity contribution in [3.05, 3.63) is 30.1 Å². The molecule has 1 saturated carbocycles. The van der Waals surface area contributed by atoms with E-state index in [2.05, 4.69) is 40.9 Å². The van der Waals surface area contributed by atoms with Crippen LogP contribution in [0.2, 0.25) is 0 Å². The normalized spacial score (nSPS) is 15.1. The van der Waals surface area contributed by atoms with Gasteiger partial charge in [0.2, 0.25) is 5.91 Å². The Kier molecular flexibility index (Phi) is 5.86. The van der Waals surface area contributed by atoms with Crippen molar-refractivity contribution in [1.82, 2.24) is 14.8 Å². The first kappa shape index (κ1) is 18.8. The Morgan fingerprint density at radius 2 is 2.00 bits per heavy atom. The number of benzene rings is 1. The highest BCUT2D eigenvalue weighted by molar-refractivity contribution is 8.00. The molecule has 7 heteroatoms. The zero-order valence-electron chi connectivity index (χ0n) is 15.7. The van der Waals surface area contributed by atoms with Gasteiger partial charge in [-0.05, 0) is 49.9 Å². The maximum absolute atomic E-state index is 12.8. The molecule has 6 nitrogen and oxygen atoms in total. The van der Waals surface area contributed by atoms with Gasteiger partial charge in [-0.15, -0.1) is 10.2 Å². The smallest absolute Gasteiger partial charge is 0.238 e. The first-order valence-corrected chi connectivity index (χ1v) is 9.96. The summed E-state index contributed by atoms with van der Waals surface area (Å²) in [6.45, 7) is 7.03. The monoisotopic (exact) mass is 374 g/mol. The van der Waals surface area contributed by atoms with E-state index in [1.165, 1.54) is 24.6 Å². The SMILES string of the molecule is CCn1c(S[C@H](C(=O)Nc2ccc(OC)cc2)C(C)C)nnc1C1CC1. The van der Waals surface area contributed by atoms with Gasteiger partial charge >= 0.3 is 0 Å². The molecule has 0 unspecified atom stereocenters. The lowest BCUT2D eigenvalue weighted by molar-refractivity contribution is -0.116. The lowest BCUT2D eigenvalue weighted by Gasteiger charge is -2.20. The van der Waals surface area contributed by atoms with Crippen LogP contribution >= 0.6 is 11.8 Å². The summed E-state index contributed by atoms with van der Waals surface area (Å²) < 4.78 is 7.31. The number of nitrogens with zero attached hydrogens (tertiary/aromatic N) is 3. The molecule has 1 aromatic carbocycles. The summed E-state index contributed by atoms with van der Waals surface area (Å²) in [4.78, 5) is 12.8. The van der Waals surface area contributed by atoms with Crippen LogP contribution in [0.3, 0.4) is 0 Å². The van der Waals surface area contributed by atoms with Crippen LogP contribution in [0.4, 0.5) is 5.69 Å². The quantitative estimate of drug-likeness (QED) is 0.709. The van der Waals surface area contributed by atoms with Crippen molar-refractivity contribution in [3.63, 3.8) is 0 Å². The average Bonchev–Trinajstić information content (AvgIpc) is 3.40. The second kappa shape index (κ2) is 8.12. The Labute approximate surface area is 158 Å². The minimum Gasteiger partial charge on any atom is -0.497 e. The molecule has 1 amide bonds. The summed E-state index contributed by atoms with van der Waals surface area (Å²) in [6, 6.07) is 7.36. The minimum absolute atomic E-state index is 0.0196. The van der Waals surface area contributed by atoms with Gasteiger partial charge in [0, 0.05) is 18.2 Å². The van der Waals surface area contributed by atoms with Gasteiger partial charge in [0.1, 0.15) is 11.6 Å². The predicted molar refractivity (Wildman–Crippen MR) is 104 cm³/mol. The number of carbonyl (C=O) groups is 1. The molecule has 1 heterocycles. The van der Waals surface area contributed by atoms with Crippen LogP contribution in [0, 0.1) is 5.92 Å². The maximum Gasteiger partial charge on any atom is 0.238 e. The standard InChI is InChI=1S/C19H26N4O2S/c1-5-23-17(13-6-7-13)21-22-19(23)26-16(12(2)3)18(24)20-14-8-10-15(25-4)11-9-14/h8-13,16H,5-7H2,1-4H3,(H,20,24)/t16-/m0/s1. The zero-order valence-corrected chi connectivity index (χ0v) is 16.5. The highest BCUT2D eigenvalue weighted by atomic mass is 32.2. The molecule has 140 valence electrons. The third-order valence-corrected chi connectivity index (χ3v) is 5.98. The van der Waals surface area contributed by atoms with Crippen LogP contribution in [0.1, 0.15) is 45.4 Å². The van der Waals surface area contributed by atoms with Crippen LogP contribution in [-0.4, -0.2) is 33.0 Å². The summed E-state index contributed by atoms with van der Waals surface area (Å²) in [5, 5.41) is 12.3. The van der Waals surface area contributed by atoms with E-state index < -0.39 is 0 Å². The number of methoxy groups -OCH3 is 1. The van der Waals surface area contributed by atoms with Gasteiger partial charge in [-0.1, -0.05) is 25.6 Å². The highest BCUT2D eigenvalue weighted by Crippen LogP contribution is 2.40. The number of aromatic nitrogens is 3. The fourth-order valence-corrected chi connectivity index (χ4v) is 3.92. The van der Waals surface area contributed by atoms with Crippen molar-refractivity contribution in [2.75, 3.05) is 12.4 Å². The van der Waals surface area contributed by atoms with Crippen molar-refractivity contribution >= 4 is 23.4 Å². The molecule has 0 saturated heterocycles. The predicted octanol–water partition coefficient (Wildman–Crippen LogP) is 3.94. The molecule has 0 radical (unpaired) electrons. The first-order chi connectivity index (χ1) is 12.5. The Morgan fingerprint density at radius 3 is 2.54 bits per heavy atom. The van der Waals surface area contributed by atoms with Crippen molar-refractivity contribution in [3.8, 4) is 5.75 Å². The molecule has 1 aliphatic carbocycles. The van der Waals surface area contributed by atoms with E-state index in [0.717, 1.165) is 29.0 Å². The van der Waals surface area contributed by atoms with Gasteiger partial charge in [-0.25, -0.2) is 0 Å². The maximum atomic E-state index is 12.8. The summed E-state index contributed by atoms with van der Waals surface area (Å²) in [6.07, 6.45) is 2.38. The van der Waals surface area contributed by atoms with E-state index in [9.17, 15) is 4.79 Å². The Balaban J connectivity index is 1.73.